The van der Waals surface area contributed by atoms with Gasteiger partial charge >= 0.3 is 0 Å². The smallest absolute Gasteiger partial charge is 0.0574 e. The first-order chi connectivity index (χ1) is 9.35. The molecule has 0 unspecified atom stereocenters. The van der Waals surface area contributed by atoms with Gasteiger partial charge in [-0.15, -0.1) is 0 Å². The van der Waals surface area contributed by atoms with Crippen molar-refractivity contribution in [2.24, 2.45) is 0 Å². The summed E-state index contributed by atoms with van der Waals surface area (Å²) in [5.41, 5.74) is 4.12. The molecule has 112 valence electrons. The molecule has 2 N–H and O–H groups in total. The zero-order valence-corrected chi connectivity index (χ0v) is 13.2. The van der Waals surface area contributed by atoms with E-state index in [1.54, 1.807) is 0 Å². The Hall–Kier alpha value is -1.06. The third-order valence-corrected chi connectivity index (χ3v) is 3.89. The standard InChI is InChI=1S/C17H28N2O/c1-13-11-14(12-18-17(2,3)4)5-6-16(13)19-9-7-15(20)8-10-19/h5-6,11,15,18,20H,7-10,12H2,1-4H3. The topological polar surface area (TPSA) is 35.5 Å². The summed E-state index contributed by atoms with van der Waals surface area (Å²) in [4.78, 5) is 2.39. The van der Waals surface area contributed by atoms with Crippen molar-refractivity contribution in [2.75, 3.05) is 18.0 Å². The van der Waals surface area contributed by atoms with Crippen LogP contribution in [0.3, 0.4) is 0 Å². The molecule has 1 aromatic rings. The SMILES string of the molecule is Cc1cc(CNC(C)(C)C)ccc1N1CCC(O)CC1. The molecule has 0 spiro atoms. The molecule has 0 radical (unpaired) electrons. The van der Waals surface area contributed by atoms with Gasteiger partial charge in [0.25, 0.3) is 0 Å². The van der Waals surface area contributed by atoms with Crippen molar-refractivity contribution in [3.63, 3.8) is 0 Å². The van der Waals surface area contributed by atoms with Crippen molar-refractivity contribution in [1.82, 2.24) is 5.32 Å². The summed E-state index contributed by atoms with van der Waals surface area (Å²) in [6.45, 7) is 11.6. The first-order valence-corrected chi connectivity index (χ1v) is 7.63. The van der Waals surface area contributed by atoms with Crippen LogP contribution in [0.2, 0.25) is 0 Å². The number of anilines is 1. The van der Waals surface area contributed by atoms with Crippen LogP contribution in [0.25, 0.3) is 0 Å². The van der Waals surface area contributed by atoms with Crippen LogP contribution in [0, 0.1) is 6.92 Å². The molecule has 0 atom stereocenters. The molecule has 1 saturated heterocycles. The van der Waals surface area contributed by atoms with Gasteiger partial charge in [0.1, 0.15) is 0 Å². The third kappa shape index (κ3) is 4.22. The highest BCUT2D eigenvalue weighted by atomic mass is 16.3. The average Bonchev–Trinajstić information content (AvgIpc) is 2.37. The van der Waals surface area contributed by atoms with Crippen molar-refractivity contribution in [2.45, 2.75) is 58.7 Å². The minimum absolute atomic E-state index is 0.109. The van der Waals surface area contributed by atoms with Gasteiger partial charge < -0.3 is 15.3 Å². The summed E-state index contributed by atoms with van der Waals surface area (Å²) >= 11 is 0. The number of aliphatic hydroxyl groups is 1. The molecule has 1 aliphatic heterocycles. The fraction of sp³-hybridized carbons (Fsp3) is 0.647. The fourth-order valence-corrected chi connectivity index (χ4v) is 2.66. The largest absolute Gasteiger partial charge is 0.393 e. The molecular weight excluding hydrogens is 248 g/mol. The maximum atomic E-state index is 9.60. The van der Waals surface area contributed by atoms with Crippen LogP contribution < -0.4 is 10.2 Å². The first kappa shape index (κ1) is 15.3. The highest BCUT2D eigenvalue weighted by molar-refractivity contribution is 5.54. The summed E-state index contributed by atoms with van der Waals surface area (Å²) in [7, 11) is 0. The van der Waals surface area contributed by atoms with Gasteiger partial charge in [0.05, 0.1) is 6.10 Å². The van der Waals surface area contributed by atoms with E-state index in [9.17, 15) is 5.11 Å². The lowest BCUT2D eigenvalue weighted by Crippen LogP contribution is -2.36. The van der Waals surface area contributed by atoms with E-state index in [0.717, 1.165) is 32.5 Å². The summed E-state index contributed by atoms with van der Waals surface area (Å²) in [6, 6.07) is 6.72. The average molecular weight is 276 g/mol. The van der Waals surface area contributed by atoms with Crippen molar-refractivity contribution in [3.05, 3.63) is 29.3 Å². The van der Waals surface area contributed by atoms with Crippen LogP contribution in [0.1, 0.15) is 44.7 Å². The van der Waals surface area contributed by atoms with Gasteiger partial charge in [-0.25, -0.2) is 0 Å². The maximum absolute atomic E-state index is 9.60. The van der Waals surface area contributed by atoms with Crippen LogP contribution in [0.4, 0.5) is 5.69 Å². The summed E-state index contributed by atoms with van der Waals surface area (Å²) in [5, 5.41) is 13.1. The monoisotopic (exact) mass is 276 g/mol. The third-order valence-electron chi connectivity index (χ3n) is 3.89. The molecule has 1 heterocycles. The van der Waals surface area contributed by atoms with Crippen molar-refractivity contribution in [1.29, 1.82) is 0 Å². The van der Waals surface area contributed by atoms with Crippen LogP contribution >= 0.6 is 0 Å². The van der Waals surface area contributed by atoms with E-state index in [-0.39, 0.29) is 11.6 Å². The van der Waals surface area contributed by atoms with Crippen molar-refractivity contribution >= 4 is 5.69 Å². The quantitative estimate of drug-likeness (QED) is 0.891. The molecule has 1 fully saturated rings. The normalized spacial score (nSPS) is 17.6. The minimum Gasteiger partial charge on any atom is -0.393 e. The number of aryl methyl sites for hydroxylation is 1. The van der Waals surface area contributed by atoms with Crippen molar-refractivity contribution in [3.8, 4) is 0 Å². The van der Waals surface area contributed by atoms with Gasteiger partial charge in [-0.3, -0.25) is 0 Å². The van der Waals surface area contributed by atoms with Crippen LogP contribution in [-0.4, -0.2) is 29.8 Å². The first-order valence-electron chi connectivity index (χ1n) is 7.63. The second kappa shape index (κ2) is 6.15. The lowest BCUT2D eigenvalue weighted by molar-refractivity contribution is 0.145. The Bertz CT molecular complexity index is 443. The number of hydrogen-bond acceptors (Lipinski definition) is 3. The summed E-state index contributed by atoms with van der Waals surface area (Å²) in [5.74, 6) is 0. The Morgan fingerprint density at radius 1 is 1.25 bits per heavy atom. The lowest BCUT2D eigenvalue weighted by Gasteiger charge is -2.32. The molecule has 0 aliphatic carbocycles. The Kier molecular flexibility index (Phi) is 4.71. The second-order valence-corrected chi connectivity index (χ2v) is 6.94. The van der Waals surface area contributed by atoms with Crippen molar-refractivity contribution < 1.29 is 5.11 Å². The summed E-state index contributed by atoms with van der Waals surface area (Å²) in [6.07, 6.45) is 1.65. The molecule has 1 aromatic carbocycles. The Morgan fingerprint density at radius 3 is 2.45 bits per heavy atom. The highest BCUT2D eigenvalue weighted by Gasteiger charge is 2.18. The van der Waals surface area contributed by atoms with Gasteiger partial charge in [-0.1, -0.05) is 12.1 Å². The Balaban J connectivity index is 2.02. The fourth-order valence-electron chi connectivity index (χ4n) is 2.66. The number of hydrogen-bond donors (Lipinski definition) is 2. The molecule has 0 amide bonds. The number of nitrogens with zero attached hydrogens (tertiary/aromatic N) is 1. The van der Waals surface area contributed by atoms with E-state index in [1.165, 1.54) is 16.8 Å². The molecule has 1 aliphatic rings. The van der Waals surface area contributed by atoms with E-state index >= 15 is 0 Å². The number of piperidine rings is 1. The van der Waals surface area contributed by atoms with E-state index < -0.39 is 0 Å². The maximum Gasteiger partial charge on any atom is 0.0574 e. The Labute approximate surface area is 123 Å². The number of rotatable bonds is 3. The van der Waals surface area contributed by atoms with Crippen LogP contribution in [0.5, 0.6) is 0 Å². The number of nitrogens with one attached hydrogen (secondary N) is 1. The molecule has 20 heavy (non-hydrogen) atoms. The highest BCUT2D eigenvalue weighted by Crippen LogP contribution is 2.25. The van der Waals surface area contributed by atoms with E-state index in [1.807, 2.05) is 0 Å². The predicted octanol–water partition coefficient (Wildman–Crippen LogP) is 2.84. The molecular formula is C17H28N2O. The van der Waals surface area contributed by atoms with Gasteiger partial charge in [0.15, 0.2) is 0 Å². The van der Waals surface area contributed by atoms with Gasteiger partial charge in [-0.05, 0) is 57.7 Å². The summed E-state index contributed by atoms with van der Waals surface area (Å²) < 4.78 is 0. The lowest BCUT2D eigenvalue weighted by atomic mass is 10.0. The zero-order valence-electron chi connectivity index (χ0n) is 13.2. The van der Waals surface area contributed by atoms with Gasteiger partial charge in [0.2, 0.25) is 0 Å². The van der Waals surface area contributed by atoms with E-state index in [4.69, 9.17) is 0 Å². The van der Waals surface area contributed by atoms with Gasteiger partial charge in [0, 0.05) is 30.9 Å². The van der Waals surface area contributed by atoms with E-state index in [2.05, 4.69) is 56.1 Å². The molecule has 3 heteroatoms. The van der Waals surface area contributed by atoms with Gasteiger partial charge in [-0.2, -0.15) is 0 Å². The molecule has 0 bridgehead atoms. The molecule has 3 nitrogen and oxygen atoms in total. The number of benzene rings is 1. The molecule has 0 aromatic heterocycles. The number of aliphatic hydroxyl groups excluding tert-OH is 1. The minimum atomic E-state index is -0.109. The molecule has 2 rings (SSSR count). The van der Waals surface area contributed by atoms with E-state index in [0.29, 0.717) is 0 Å². The Morgan fingerprint density at radius 2 is 1.90 bits per heavy atom. The second-order valence-electron chi connectivity index (χ2n) is 6.94. The van der Waals surface area contributed by atoms with Crippen LogP contribution in [0.15, 0.2) is 18.2 Å². The zero-order chi connectivity index (χ0) is 14.8. The molecule has 0 saturated carbocycles. The van der Waals surface area contributed by atoms with Crippen LogP contribution in [-0.2, 0) is 6.54 Å². The predicted molar refractivity (Wildman–Crippen MR) is 85.2 cm³/mol.